The number of pyridine rings is 1. The van der Waals surface area contributed by atoms with Gasteiger partial charge in [0.05, 0.1) is 12.5 Å². The number of carbonyl (C=O) groups excluding carboxylic acids is 2. The fourth-order valence-electron chi connectivity index (χ4n) is 2.18. The molecule has 0 aliphatic carbocycles. The van der Waals surface area contributed by atoms with E-state index in [9.17, 15) is 9.59 Å². The third-order valence-electron chi connectivity index (χ3n) is 3.31. The van der Waals surface area contributed by atoms with Crippen LogP contribution in [-0.4, -0.2) is 16.8 Å². The summed E-state index contributed by atoms with van der Waals surface area (Å²) in [6.07, 6.45) is 1.73. The average Bonchev–Trinajstić information content (AvgIpc) is 2.49. The number of aryl methyl sites for hydroxylation is 1. The molecule has 0 fully saturated rings. The van der Waals surface area contributed by atoms with Crippen LogP contribution >= 0.6 is 11.6 Å². The third-order valence-corrected chi connectivity index (χ3v) is 3.56. The Balaban J connectivity index is 2.11. The maximum absolute atomic E-state index is 12.3. The Bertz CT molecular complexity index is 701. The van der Waals surface area contributed by atoms with Crippen LogP contribution in [0.25, 0.3) is 0 Å². The van der Waals surface area contributed by atoms with Crippen molar-refractivity contribution in [2.45, 2.75) is 26.3 Å². The number of aromatic nitrogens is 1. The Morgan fingerprint density at radius 3 is 2.52 bits per heavy atom. The number of amides is 2. The highest BCUT2D eigenvalue weighted by Crippen LogP contribution is 2.20. The fourth-order valence-corrected chi connectivity index (χ4v) is 2.30. The van der Waals surface area contributed by atoms with Gasteiger partial charge in [0.15, 0.2) is 0 Å². The maximum atomic E-state index is 12.3. The number of halogens is 1. The van der Waals surface area contributed by atoms with Crippen molar-refractivity contribution in [2.75, 3.05) is 5.32 Å². The van der Waals surface area contributed by atoms with Gasteiger partial charge in [-0.1, -0.05) is 29.8 Å². The van der Waals surface area contributed by atoms with Gasteiger partial charge in [0.2, 0.25) is 11.8 Å². The van der Waals surface area contributed by atoms with E-state index in [2.05, 4.69) is 15.6 Å². The number of hydrogen-bond donors (Lipinski definition) is 2. The Morgan fingerprint density at radius 2 is 1.91 bits per heavy atom. The van der Waals surface area contributed by atoms with Crippen molar-refractivity contribution >= 4 is 29.2 Å². The monoisotopic (exact) mass is 331 g/mol. The summed E-state index contributed by atoms with van der Waals surface area (Å²) in [6, 6.07) is 10.3. The van der Waals surface area contributed by atoms with Crippen LogP contribution in [0.3, 0.4) is 0 Å². The van der Waals surface area contributed by atoms with Gasteiger partial charge in [-0.15, -0.1) is 0 Å². The second-order valence-electron chi connectivity index (χ2n) is 5.23. The van der Waals surface area contributed by atoms with E-state index < -0.39 is 6.04 Å². The zero-order valence-electron chi connectivity index (χ0n) is 13.0. The molecule has 0 saturated carbocycles. The average molecular weight is 332 g/mol. The van der Waals surface area contributed by atoms with Crippen LogP contribution in [0.15, 0.2) is 42.6 Å². The van der Waals surface area contributed by atoms with Gasteiger partial charge in [-0.2, -0.15) is 0 Å². The lowest BCUT2D eigenvalue weighted by Crippen LogP contribution is -2.30. The molecule has 0 spiro atoms. The largest absolute Gasteiger partial charge is 0.349 e. The summed E-state index contributed by atoms with van der Waals surface area (Å²) in [5.41, 5.74) is 1.70. The molecule has 0 radical (unpaired) electrons. The highest BCUT2D eigenvalue weighted by atomic mass is 35.5. The minimum absolute atomic E-state index is 0.108. The van der Waals surface area contributed by atoms with E-state index in [4.69, 9.17) is 11.6 Å². The highest BCUT2D eigenvalue weighted by Gasteiger charge is 2.18. The van der Waals surface area contributed by atoms with Crippen LogP contribution in [-0.2, 0) is 9.59 Å². The SMILES string of the molecule is CC(=O)NC(CC(=O)Nc1ncccc1C)c1ccc(Cl)cc1. The van der Waals surface area contributed by atoms with Crippen LogP contribution in [0.4, 0.5) is 5.82 Å². The lowest BCUT2D eigenvalue weighted by atomic mass is 10.0. The van der Waals surface area contributed by atoms with Crippen molar-refractivity contribution in [3.63, 3.8) is 0 Å². The first kappa shape index (κ1) is 17.0. The number of anilines is 1. The molecule has 1 atom stereocenters. The molecule has 0 aliphatic rings. The van der Waals surface area contributed by atoms with Crippen molar-refractivity contribution in [3.8, 4) is 0 Å². The van der Waals surface area contributed by atoms with Gasteiger partial charge in [0, 0.05) is 18.1 Å². The minimum Gasteiger partial charge on any atom is -0.349 e. The Kier molecular flexibility index (Phi) is 5.71. The summed E-state index contributed by atoms with van der Waals surface area (Å²) in [7, 11) is 0. The first-order valence-corrected chi connectivity index (χ1v) is 7.57. The van der Waals surface area contributed by atoms with Crippen LogP contribution in [0, 0.1) is 6.92 Å². The van der Waals surface area contributed by atoms with Crippen LogP contribution < -0.4 is 10.6 Å². The van der Waals surface area contributed by atoms with Gasteiger partial charge >= 0.3 is 0 Å². The summed E-state index contributed by atoms with van der Waals surface area (Å²) < 4.78 is 0. The molecule has 6 heteroatoms. The van der Waals surface area contributed by atoms with Gasteiger partial charge in [-0.25, -0.2) is 4.98 Å². The molecule has 2 aromatic rings. The molecule has 0 bridgehead atoms. The van der Waals surface area contributed by atoms with Gasteiger partial charge in [-0.3, -0.25) is 9.59 Å². The van der Waals surface area contributed by atoms with E-state index in [1.807, 2.05) is 13.0 Å². The molecule has 1 aromatic heterocycles. The Morgan fingerprint density at radius 1 is 1.22 bits per heavy atom. The van der Waals surface area contributed by atoms with E-state index in [1.54, 1.807) is 36.5 Å². The smallest absolute Gasteiger partial charge is 0.227 e. The topological polar surface area (TPSA) is 71.1 Å². The maximum Gasteiger partial charge on any atom is 0.227 e. The van der Waals surface area contributed by atoms with E-state index >= 15 is 0 Å². The zero-order valence-corrected chi connectivity index (χ0v) is 13.7. The summed E-state index contributed by atoms with van der Waals surface area (Å²) in [4.78, 5) is 27.8. The lowest BCUT2D eigenvalue weighted by molar-refractivity contribution is -0.120. The van der Waals surface area contributed by atoms with Gasteiger partial charge in [0.25, 0.3) is 0 Å². The lowest BCUT2D eigenvalue weighted by Gasteiger charge is -2.18. The first-order chi connectivity index (χ1) is 11.0. The van der Waals surface area contributed by atoms with Crippen LogP contribution in [0.2, 0.25) is 5.02 Å². The van der Waals surface area contributed by atoms with E-state index in [0.29, 0.717) is 10.8 Å². The predicted octanol–water partition coefficient (Wildman–Crippen LogP) is 3.25. The molecule has 2 amide bonds. The molecular formula is C17H18ClN3O2. The molecule has 2 N–H and O–H groups in total. The molecule has 2 rings (SSSR count). The molecule has 5 nitrogen and oxygen atoms in total. The van der Waals surface area contributed by atoms with Crippen molar-refractivity contribution in [1.82, 2.24) is 10.3 Å². The number of rotatable bonds is 5. The van der Waals surface area contributed by atoms with Gasteiger partial charge in [0.1, 0.15) is 5.82 Å². The Hall–Kier alpha value is -2.40. The third kappa shape index (κ3) is 5.07. The summed E-state index contributed by atoms with van der Waals surface area (Å²) in [5.74, 6) is 0.0995. The first-order valence-electron chi connectivity index (χ1n) is 7.19. The highest BCUT2D eigenvalue weighted by molar-refractivity contribution is 6.30. The zero-order chi connectivity index (χ0) is 16.8. The molecule has 23 heavy (non-hydrogen) atoms. The molecular weight excluding hydrogens is 314 g/mol. The second kappa shape index (κ2) is 7.74. The summed E-state index contributed by atoms with van der Waals surface area (Å²) in [6.45, 7) is 3.29. The standard InChI is InChI=1S/C17H18ClN3O2/c1-11-4-3-9-19-17(11)21-16(23)10-15(20-12(2)22)13-5-7-14(18)8-6-13/h3-9,15H,10H2,1-2H3,(H,20,22)(H,19,21,23). The quantitative estimate of drug-likeness (QED) is 0.883. The Labute approximate surface area is 140 Å². The summed E-state index contributed by atoms with van der Waals surface area (Å²) >= 11 is 5.88. The normalized spacial score (nSPS) is 11.6. The van der Waals surface area contributed by atoms with Gasteiger partial charge in [-0.05, 0) is 36.2 Å². The number of nitrogens with zero attached hydrogens (tertiary/aromatic N) is 1. The van der Waals surface area contributed by atoms with E-state index in [0.717, 1.165) is 11.1 Å². The van der Waals surface area contributed by atoms with Crippen LogP contribution in [0.1, 0.15) is 30.5 Å². The second-order valence-corrected chi connectivity index (χ2v) is 5.66. The van der Waals surface area contributed by atoms with Gasteiger partial charge < -0.3 is 10.6 Å². The van der Waals surface area contributed by atoms with Crippen molar-refractivity contribution < 1.29 is 9.59 Å². The number of carbonyl (C=O) groups is 2. The fraction of sp³-hybridized carbons (Fsp3) is 0.235. The summed E-state index contributed by atoms with van der Waals surface area (Å²) in [5, 5.41) is 6.15. The molecule has 1 unspecified atom stereocenters. The minimum atomic E-state index is -0.422. The predicted molar refractivity (Wildman–Crippen MR) is 90.2 cm³/mol. The van der Waals surface area contributed by atoms with Crippen LogP contribution in [0.5, 0.6) is 0 Å². The van der Waals surface area contributed by atoms with E-state index in [1.165, 1.54) is 6.92 Å². The van der Waals surface area contributed by atoms with Crippen molar-refractivity contribution in [3.05, 3.63) is 58.7 Å². The van der Waals surface area contributed by atoms with Crippen molar-refractivity contribution in [2.24, 2.45) is 0 Å². The van der Waals surface area contributed by atoms with Crippen molar-refractivity contribution in [1.29, 1.82) is 0 Å². The van der Waals surface area contributed by atoms with E-state index in [-0.39, 0.29) is 18.2 Å². The molecule has 0 saturated heterocycles. The molecule has 1 aromatic carbocycles. The molecule has 120 valence electrons. The number of hydrogen-bond acceptors (Lipinski definition) is 3. The molecule has 1 heterocycles. The molecule has 0 aliphatic heterocycles. The number of nitrogens with one attached hydrogen (secondary N) is 2. The number of benzene rings is 1.